The number of nitrogens with one attached hydrogen (secondary N) is 1. The first-order valence-electron chi connectivity index (χ1n) is 11.8. The van der Waals surface area contributed by atoms with Gasteiger partial charge in [-0.25, -0.2) is 8.78 Å². The maximum absolute atomic E-state index is 16.2. The number of methoxy groups -OCH3 is 2. The van der Waals surface area contributed by atoms with Crippen molar-refractivity contribution in [2.24, 2.45) is 5.41 Å². The van der Waals surface area contributed by atoms with Gasteiger partial charge in [-0.05, 0) is 49.4 Å². The Labute approximate surface area is 207 Å². The van der Waals surface area contributed by atoms with E-state index in [-0.39, 0.29) is 17.2 Å². The lowest BCUT2D eigenvalue weighted by molar-refractivity contribution is -0.154. The summed E-state index contributed by atoms with van der Waals surface area (Å²) in [4.78, 5) is 11.9. The van der Waals surface area contributed by atoms with Gasteiger partial charge in [-0.3, -0.25) is 9.89 Å². The number of H-pyrrole nitrogens is 1. The molecule has 2 N–H and O–H groups in total. The Hall–Kier alpha value is -3.46. The number of carbonyl (C=O) groups is 1. The molecule has 9 heteroatoms. The Kier molecular flexibility index (Phi) is 5.59. The van der Waals surface area contributed by atoms with Crippen LogP contribution in [0.3, 0.4) is 0 Å². The number of benzene rings is 2. The van der Waals surface area contributed by atoms with E-state index in [9.17, 15) is 14.3 Å². The second-order valence-electron chi connectivity index (χ2n) is 10.6. The van der Waals surface area contributed by atoms with E-state index in [1.165, 1.54) is 13.2 Å². The van der Waals surface area contributed by atoms with Crippen LogP contribution in [0, 0.1) is 17.0 Å². The SMILES string of the molecule is COCC(C)(C)c1c([C@H]2C[C@](C)(C(=O)O)C2)c2c(F)c3[nH]ncc3cc2n1-c1ccc(F)c(OC)c1. The number of halogens is 2. The molecule has 1 fully saturated rings. The Morgan fingerprint density at radius 1 is 1.28 bits per heavy atom. The summed E-state index contributed by atoms with van der Waals surface area (Å²) in [5, 5.41) is 17.5. The minimum atomic E-state index is -0.880. The number of ether oxygens (including phenoxy) is 2. The summed E-state index contributed by atoms with van der Waals surface area (Å²) in [7, 11) is 3.00. The van der Waals surface area contributed by atoms with Crippen LogP contribution in [-0.2, 0) is 14.9 Å². The zero-order valence-corrected chi connectivity index (χ0v) is 20.9. The number of aliphatic carboxylic acids is 1. The van der Waals surface area contributed by atoms with E-state index >= 15 is 4.39 Å². The smallest absolute Gasteiger partial charge is 0.309 e. The first-order chi connectivity index (χ1) is 17.0. The monoisotopic (exact) mass is 497 g/mol. The van der Waals surface area contributed by atoms with Gasteiger partial charge in [0.25, 0.3) is 0 Å². The number of carboxylic acid groups (broad SMARTS) is 1. The number of hydrogen-bond acceptors (Lipinski definition) is 4. The largest absolute Gasteiger partial charge is 0.494 e. The first kappa shape index (κ1) is 24.2. The van der Waals surface area contributed by atoms with Crippen molar-refractivity contribution in [1.29, 1.82) is 0 Å². The zero-order valence-electron chi connectivity index (χ0n) is 20.9. The van der Waals surface area contributed by atoms with E-state index in [4.69, 9.17) is 9.47 Å². The molecule has 2 aromatic carbocycles. The normalized spacial score (nSPS) is 20.1. The molecule has 0 spiro atoms. The van der Waals surface area contributed by atoms with Crippen molar-refractivity contribution in [1.82, 2.24) is 14.8 Å². The summed E-state index contributed by atoms with van der Waals surface area (Å²) in [5.41, 5.74) is 1.55. The maximum atomic E-state index is 16.2. The van der Waals surface area contributed by atoms with E-state index in [1.54, 1.807) is 32.4 Å². The van der Waals surface area contributed by atoms with Gasteiger partial charge in [0.15, 0.2) is 17.4 Å². The second-order valence-corrected chi connectivity index (χ2v) is 10.6. The Morgan fingerprint density at radius 2 is 2.00 bits per heavy atom. The third kappa shape index (κ3) is 3.48. The Balaban J connectivity index is 1.91. The minimum Gasteiger partial charge on any atom is -0.494 e. The van der Waals surface area contributed by atoms with Crippen molar-refractivity contribution in [3.05, 3.63) is 53.4 Å². The van der Waals surface area contributed by atoms with E-state index in [0.29, 0.717) is 41.4 Å². The summed E-state index contributed by atoms with van der Waals surface area (Å²) in [6.45, 7) is 6.07. The molecule has 1 aliphatic carbocycles. The van der Waals surface area contributed by atoms with Gasteiger partial charge in [-0.15, -0.1) is 0 Å². The molecule has 0 unspecified atom stereocenters. The standard InChI is InChI=1S/C27H29F2N3O4/c1-26(2,13-35-4)24-20(15-10-27(3,11-15)25(33)34)21-18(8-14-12-30-31-23(14)22(21)29)32(24)16-6-7-17(28)19(9-16)36-5/h6-9,12,15H,10-11,13H2,1-5H3,(H,30,31)(H,33,34)/t15-,27-. The fourth-order valence-electron chi connectivity index (χ4n) is 5.79. The summed E-state index contributed by atoms with van der Waals surface area (Å²) in [6.07, 6.45) is 2.32. The van der Waals surface area contributed by atoms with Gasteiger partial charge in [0, 0.05) is 40.7 Å². The lowest BCUT2D eigenvalue weighted by Gasteiger charge is -2.43. The van der Waals surface area contributed by atoms with Crippen molar-refractivity contribution >= 4 is 27.8 Å². The molecular weight excluding hydrogens is 468 g/mol. The second kappa shape index (κ2) is 8.30. The van der Waals surface area contributed by atoms with Crippen LogP contribution in [0.5, 0.6) is 5.75 Å². The molecule has 0 bridgehead atoms. The number of aromatic nitrogens is 3. The molecule has 36 heavy (non-hydrogen) atoms. The molecule has 1 aliphatic rings. The van der Waals surface area contributed by atoms with Gasteiger partial charge in [-0.1, -0.05) is 13.8 Å². The summed E-state index contributed by atoms with van der Waals surface area (Å²) >= 11 is 0. The van der Waals surface area contributed by atoms with Gasteiger partial charge >= 0.3 is 5.97 Å². The van der Waals surface area contributed by atoms with Crippen molar-refractivity contribution in [2.45, 2.75) is 44.9 Å². The number of rotatable bonds is 7. The fourth-order valence-corrected chi connectivity index (χ4v) is 5.79. The average molecular weight is 498 g/mol. The molecule has 4 aromatic rings. The molecule has 7 nitrogen and oxygen atoms in total. The fraction of sp³-hybridized carbons (Fsp3) is 0.407. The highest BCUT2D eigenvalue weighted by molar-refractivity contribution is 6.00. The summed E-state index contributed by atoms with van der Waals surface area (Å²) in [6, 6.07) is 6.40. The lowest BCUT2D eigenvalue weighted by atomic mass is 9.60. The number of nitrogens with zero attached hydrogens (tertiary/aromatic N) is 2. The Bertz CT molecular complexity index is 1500. The van der Waals surface area contributed by atoms with E-state index in [2.05, 4.69) is 10.2 Å². The number of fused-ring (bicyclic) bond motifs is 2. The van der Waals surface area contributed by atoms with E-state index < -0.39 is 28.4 Å². The van der Waals surface area contributed by atoms with Crippen LogP contribution in [0.15, 0.2) is 30.5 Å². The molecular formula is C27H29F2N3O4. The molecule has 0 aliphatic heterocycles. The van der Waals surface area contributed by atoms with Gasteiger partial charge in [0.1, 0.15) is 5.52 Å². The number of carboxylic acids is 1. The van der Waals surface area contributed by atoms with Crippen LogP contribution in [0.2, 0.25) is 0 Å². The first-order valence-corrected chi connectivity index (χ1v) is 11.8. The molecule has 0 atom stereocenters. The van der Waals surface area contributed by atoms with E-state index in [1.807, 2.05) is 24.5 Å². The lowest BCUT2D eigenvalue weighted by Crippen LogP contribution is -2.41. The summed E-state index contributed by atoms with van der Waals surface area (Å²) in [5.74, 6) is -1.92. The summed E-state index contributed by atoms with van der Waals surface area (Å²) < 4.78 is 43.3. The molecule has 1 saturated carbocycles. The Morgan fingerprint density at radius 3 is 2.64 bits per heavy atom. The van der Waals surface area contributed by atoms with Gasteiger partial charge in [-0.2, -0.15) is 5.10 Å². The third-order valence-electron chi connectivity index (χ3n) is 7.50. The van der Waals surface area contributed by atoms with Crippen LogP contribution in [0.25, 0.3) is 27.5 Å². The average Bonchev–Trinajstić information content (AvgIpc) is 3.41. The van der Waals surface area contributed by atoms with Crippen molar-refractivity contribution in [3.8, 4) is 11.4 Å². The van der Waals surface area contributed by atoms with E-state index in [0.717, 1.165) is 11.3 Å². The molecule has 2 aromatic heterocycles. The molecule has 5 rings (SSSR count). The van der Waals surface area contributed by atoms with Gasteiger partial charge < -0.3 is 19.1 Å². The van der Waals surface area contributed by atoms with Gasteiger partial charge in [0.05, 0.1) is 30.8 Å². The van der Waals surface area contributed by atoms with Crippen LogP contribution in [0.1, 0.15) is 50.8 Å². The quantitative estimate of drug-likeness (QED) is 0.343. The number of hydrogen-bond donors (Lipinski definition) is 2. The predicted octanol–water partition coefficient (Wildman–Crippen LogP) is 5.69. The minimum absolute atomic E-state index is 0.0679. The van der Waals surface area contributed by atoms with Gasteiger partial charge in [0.2, 0.25) is 0 Å². The molecule has 0 saturated heterocycles. The van der Waals surface area contributed by atoms with Crippen LogP contribution >= 0.6 is 0 Å². The predicted molar refractivity (Wildman–Crippen MR) is 132 cm³/mol. The number of aromatic amines is 1. The zero-order chi connectivity index (χ0) is 26.0. The molecule has 0 amide bonds. The van der Waals surface area contributed by atoms with Crippen molar-refractivity contribution in [3.63, 3.8) is 0 Å². The molecule has 0 radical (unpaired) electrons. The highest BCUT2D eigenvalue weighted by Gasteiger charge is 2.50. The van der Waals surface area contributed by atoms with Crippen LogP contribution in [-0.4, -0.2) is 46.7 Å². The van der Waals surface area contributed by atoms with Crippen LogP contribution < -0.4 is 4.74 Å². The topological polar surface area (TPSA) is 89.4 Å². The molecule has 2 heterocycles. The van der Waals surface area contributed by atoms with Crippen molar-refractivity contribution in [2.75, 3.05) is 20.8 Å². The molecule has 190 valence electrons. The van der Waals surface area contributed by atoms with Crippen molar-refractivity contribution < 1.29 is 28.2 Å². The maximum Gasteiger partial charge on any atom is 0.309 e. The highest BCUT2D eigenvalue weighted by atomic mass is 19.1. The third-order valence-corrected chi connectivity index (χ3v) is 7.50. The highest BCUT2D eigenvalue weighted by Crippen LogP contribution is 2.56. The van der Waals surface area contributed by atoms with Crippen LogP contribution in [0.4, 0.5) is 8.78 Å².